The molecule has 0 spiro atoms. The number of aromatic nitrogens is 2. The van der Waals surface area contributed by atoms with E-state index in [1.807, 2.05) is 0 Å². The van der Waals surface area contributed by atoms with Crippen LogP contribution in [0.4, 0.5) is 0 Å². The zero-order valence-electron chi connectivity index (χ0n) is 29.0. The summed E-state index contributed by atoms with van der Waals surface area (Å²) in [6.07, 6.45) is 3.60. The predicted molar refractivity (Wildman–Crippen MR) is 179 cm³/mol. The quantitative estimate of drug-likeness (QED) is 0.0495. The predicted octanol–water partition coefficient (Wildman–Crippen LogP) is -2.12. The van der Waals surface area contributed by atoms with E-state index < -0.39 is 86.2 Å². The van der Waals surface area contributed by atoms with Crippen molar-refractivity contribution in [1.29, 1.82) is 0 Å². The first kappa shape index (κ1) is 42.7. The number of nitrogens with one attached hydrogen (secondary N) is 5. The highest BCUT2D eigenvalue weighted by atomic mass is 31.2. The SMILES string of the molecule is C=CCO[C@@H]1C=C(C(=O)N[C@@H](CC(C)C)C(=O)N[C@@H](Cc2cnc[nH]2)C(=O)N[C@@H](CO)C(=O)N[C@H](C(N)=O)C(C)OP(=O)(O)OC)N(C(C)=O)C1. The van der Waals surface area contributed by atoms with Gasteiger partial charge in [0, 0.05) is 32.3 Å². The summed E-state index contributed by atoms with van der Waals surface area (Å²) in [7, 11) is -3.72. The van der Waals surface area contributed by atoms with Crippen LogP contribution in [0.1, 0.15) is 39.8 Å². The van der Waals surface area contributed by atoms with Gasteiger partial charge in [0.2, 0.25) is 29.5 Å². The molecule has 284 valence electrons. The van der Waals surface area contributed by atoms with E-state index in [0.717, 1.165) is 14.0 Å². The van der Waals surface area contributed by atoms with Crippen molar-refractivity contribution in [3.05, 3.63) is 42.6 Å². The number of H-pyrrole nitrogens is 1. The lowest BCUT2D eigenvalue weighted by Crippen LogP contribution is -2.60. The van der Waals surface area contributed by atoms with Gasteiger partial charge in [0.25, 0.3) is 5.91 Å². The number of nitrogens with zero attached hydrogens (tertiary/aromatic N) is 2. The summed E-state index contributed by atoms with van der Waals surface area (Å²) in [5.74, 6) is -5.30. The van der Waals surface area contributed by atoms with Gasteiger partial charge in [-0.15, -0.1) is 6.58 Å². The summed E-state index contributed by atoms with van der Waals surface area (Å²) >= 11 is 0. The summed E-state index contributed by atoms with van der Waals surface area (Å²) < 4.78 is 26.5. The Bertz CT molecular complexity index is 1490. The number of phosphoric acid groups is 1. The number of hydrogen-bond donors (Lipinski definition) is 8. The maximum absolute atomic E-state index is 13.7. The van der Waals surface area contributed by atoms with Gasteiger partial charge in [-0.05, 0) is 25.3 Å². The smallest absolute Gasteiger partial charge is 0.394 e. The maximum Gasteiger partial charge on any atom is 0.472 e. The van der Waals surface area contributed by atoms with Crippen LogP contribution in [0.3, 0.4) is 0 Å². The van der Waals surface area contributed by atoms with Crippen molar-refractivity contribution in [2.75, 3.05) is 26.9 Å². The molecular weight excluding hydrogens is 695 g/mol. The van der Waals surface area contributed by atoms with Crippen LogP contribution < -0.4 is 27.0 Å². The summed E-state index contributed by atoms with van der Waals surface area (Å²) in [5, 5.41) is 19.6. The molecule has 21 heteroatoms. The third kappa shape index (κ3) is 13.3. The molecule has 1 aliphatic rings. The van der Waals surface area contributed by atoms with E-state index in [1.54, 1.807) is 13.8 Å². The minimum absolute atomic E-state index is 0.0142. The Kier molecular flexibility index (Phi) is 16.6. The molecule has 0 bridgehead atoms. The normalized spacial score (nSPS) is 18.3. The van der Waals surface area contributed by atoms with Crippen LogP contribution in [0, 0.1) is 5.92 Å². The number of primary amides is 1. The molecule has 2 heterocycles. The van der Waals surface area contributed by atoms with Gasteiger partial charge >= 0.3 is 7.82 Å². The highest BCUT2D eigenvalue weighted by Crippen LogP contribution is 2.43. The number of aromatic amines is 1. The number of imidazole rings is 1. The fraction of sp³-hybridized carbons (Fsp3) is 0.567. The van der Waals surface area contributed by atoms with Crippen molar-refractivity contribution in [3.63, 3.8) is 0 Å². The summed E-state index contributed by atoms with van der Waals surface area (Å²) in [5.41, 5.74) is 5.72. The van der Waals surface area contributed by atoms with E-state index in [1.165, 1.54) is 36.5 Å². The van der Waals surface area contributed by atoms with Crippen LogP contribution in [-0.2, 0) is 53.5 Å². The molecule has 2 unspecified atom stereocenters. The van der Waals surface area contributed by atoms with Crippen LogP contribution >= 0.6 is 7.82 Å². The number of carbonyl (C=O) groups is 6. The average Bonchev–Trinajstić information content (AvgIpc) is 3.74. The zero-order chi connectivity index (χ0) is 38.5. The average molecular weight is 743 g/mol. The number of ether oxygens (including phenoxy) is 1. The first-order valence-electron chi connectivity index (χ1n) is 15.8. The second kappa shape index (κ2) is 19.8. The number of carbonyl (C=O) groups excluding carboxylic acids is 6. The second-order valence-corrected chi connectivity index (χ2v) is 13.4. The molecule has 0 aliphatic carbocycles. The van der Waals surface area contributed by atoms with Crippen LogP contribution in [0.5, 0.6) is 0 Å². The first-order valence-corrected chi connectivity index (χ1v) is 17.3. The van der Waals surface area contributed by atoms with E-state index >= 15 is 0 Å². The standard InChI is InChI=1S/C30H47N8O12P/c1-7-8-49-20-11-24(38(13-20)18(5)40)30(45)35-21(9-16(2)3)27(42)34-22(10-19-12-32-15-33-19)28(43)36-23(14-39)29(44)37-25(26(31)41)17(4)50-51(46,47)48-6/h7,11-12,15-17,20-23,25,39H,1,8-10,13-14H2,2-6H3,(H2,31,41)(H,32,33)(H,34,42)(H,35,45)(H,36,43)(H,37,44)(H,46,47)/t17?,20-,21+,22+,23+,25+/m1/s1. The highest BCUT2D eigenvalue weighted by Gasteiger charge is 2.37. The Balaban J connectivity index is 2.28. The van der Waals surface area contributed by atoms with Gasteiger partial charge in [0.05, 0.1) is 38.3 Å². The number of rotatable bonds is 21. The van der Waals surface area contributed by atoms with E-state index in [0.29, 0.717) is 5.69 Å². The number of aliphatic hydroxyl groups excluding tert-OH is 1. The molecular formula is C30H47N8O12P. The van der Waals surface area contributed by atoms with Crippen LogP contribution in [0.15, 0.2) is 37.0 Å². The van der Waals surface area contributed by atoms with Crippen molar-refractivity contribution in [1.82, 2.24) is 36.1 Å². The third-order valence-electron chi connectivity index (χ3n) is 7.40. The Morgan fingerprint density at radius 3 is 2.25 bits per heavy atom. The Labute approximate surface area is 294 Å². The monoisotopic (exact) mass is 742 g/mol. The maximum atomic E-state index is 13.7. The zero-order valence-corrected chi connectivity index (χ0v) is 29.9. The molecule has 0 saturated carbocycles. The van der Waals surface area contributed by atoms with Crippen molar-refractivity contribution >= 4 is 43.3 Å². The molecule has 0 saturated heterocycles. The van der Waals surface area contributed by atoms with Gasteiger partial charge in [-0.1, -0.05) is 19.9 Å². The van der Waals surface area contributed by atoms with Gasteiger partial charge in [-0.3, -0.25) is 37.8 Å². The van der Waals surface area contributed by atoms with E-state index in [2.05, 4.69) is 42.3 Å². The molecule has 6 amide bonds. The van der Waals surface area contributed by atoms with Crippen LogP contribution in [0.25, 0.3) is 0 Å². The van der Waals surface area contributed by atoms with Gasteiger partial charge in [-0.2, -0.15) is 0 Å². The summed E-state index contributed by atoms with van der Waals surface area (Å²) in [6.45, 7) is 8.92. The number of hydrogen-bond acceptors (Lipinski definition) is 12. The number of phosphoric ester groups is 1. The molecule has 7 atom stereocenters. The minimum Gasteiger partial charge on any atom is -0.394 e. The molecule has 51 heavy (non-hydrogen) atoms. The molecule has 9 N–H and O–H groups in total. The van der Waals surface area contributed by atoms with Crippen molar-refractivity contribution < 1.29 is 57.1 Å². The lowest BCUT2D eigenvalue weighted by Gasteiger charge is -2.27. The molecule has 0 fully saturated rings. The van der Waals surface area contributed by atoms with Gasteiger partial charge in [-0.25, -0.2) is 9.55 Å². The number of aliphatic hydroxyl groups is 1. The van der Waals surface area contributed by atoms with Crippen molar-refractivity contribution in [3.8, 4) is 0 Å². The third-order valence-corrected chi connectivity index (χ3v) is 8.46. The fourth-order valence-corrected chi connectivity index (χ4v) is 5.50. The van der Waals surface area contributed by atoms with Gasteiger partial charge in [0.15, 0.2) is 0 Å². The second-order valence-electron chi connectivity index (χ2n) is 11.9. The lowest BCUT2D eigenvalue weighted by molar-refractivity contribution is -0.135. The Morgan fingerprint density at radius 1 is 1.10 bits per heavy atom. The topological polar surface area (TPSA) is 294 Å². The minimum atomic E-state index is -4.60. The number of amides is 6. The molecule has 20 nitrogen and oxygen atoms in total. The summed E-state index contributed by atoms with van der Waals surface area (Å²) in [4.78, 5) is 95.6. The first-order chi connectivity index (χ1) is 23.9. The Morgan fingerprint density at radius 2 is 1.73 bits per heavy atom. The van der Waals surface area contributed by atoms with Crippen molar-refractivity contribution in [2.45, 2.75) is 76.9 Å². The molecule has 0 radical (unpaired) electrons. The fourth-order valence-electron chi connectivity index (χ4n) is 4.87. The van der Waals surface area contributed by atoms with Gasteiger partial charge < -0.3 is 51.6 Å². The van der Waals surface area contributed by atoms with Crippen LogP contribution in [0.2, 0.25) is 0 Å². The van der Waals surface area contributed by atoms with E-state index in [-0.39, 0.29) is 37.6 Å². The van der Waals surface area contributed by atoms with Gasteiger partial charge in [0.1, 0.15) is 29.9 Å². The van der Waals surface area contributed by atoms with E-state index in [4.69, 9.17) is 15.0 Å². The highest BCUT2D eigenvalue weighted by molar-refractivity contribution is 7.47. The van der Waals surface area contributed by atoms with Crippen LogP contribution in [-0.4, -0.2) is 124 Å². The number of nitrogens with two attached hydrogens (primary N) is 1. The summed E-state index contributed by atoms with van der Waals surface area (Å²) in [6, 6.07) is -6.00. The van der Waals surface area contributed by atoms with Crippen molar-refractivity contribution in [2.24, 2.45) is 11.7 Å². The van der Waals surface area contributed by atoms with E-state index in [9.17, 15) is 43.3 Å². The molecule has 1 aliphatic heterocycles. The lowest BCUT2D eigenvalue weighted by atomic mass is 10.0. The Hall–Kier alpha value is -4.46. The molecule has 1 aromatic heterocycles. The molecule has 1 aromatic rings. The molecule has 2 rings (SSSR count). The largest absolute Gasteiger partial charge is 0.472 e. The molecule has 0 aromatic carbocycles.